The van der Waals surface area contributed by atoms with Gasteiger partial charge >= 0.3 is 5.97 Å². The Bertz CT molecular complexity index is 1200. The lowest BCUT2D eigenvalue weighted by molar-refractivity contribution is -0.142. The van der Waals surface area contributed by atoms with Gasteiger partial charge in [0.1, 0.15) is 30.2 Å². The van der Waals surface area contributed by atoms with Gasteiger partial charge in [-0.1, -0.05) is 0 Å². The first kappa shape index (κ1) is 49.0. The van der Waals surface area contributed by atoms with Crippen LogP contribution in [0.3, 0.4) is 0 Å². The van der Waals surface area contributed by atoms with Crippen LogP contribution in [0.1, 0.15) is 77.6 Å². The zero-order valence-corrected chi connectivity index (χ0v) is 31.6. The van der Waals surface area contributed by atoms with Crippen LogP contribution in [0.2, 0.25) is 0 Å². The second kappa shape index (κ2) is 28.5. The number of carboxylic acids is 1. The number of unbranched alkanes of at least 4 members (excludes halogenated alkanes) is 3. The van der Waals surface area contributed by atoms with Crippen LogP contribution < -0.4 is 60.6 Å². The quantitative estimate of drug-likeness (QED) is 0.0309. The van der Waals surface area contributed by atoms with E-state index >= 15 is 0 Å². The monoisotopic (exact) mass is 775 g/mol. The Hall–Kier alpha value is -4.05. The first-order valence-electron chi connectivity index (χ1n) is 17.8. The lowest BCUT2D eigenvalue weighted by Crippen LogP contribution is -2.59. The van der Waals surface area contributed by atoms with Crippen LogP contribution in [-0.4, -0.2) is 127 Å². The van der Waals surface area contributed by atoms with Gasteiger partial charge in [0.15, 0.2) is 0 Å². The average Bonchev–Trinajstić information content (AvgIpc) is 3.10. The summed E-state index contributed by atoms with van der Waals surface area (Å²) in [7, 11) is 0. The molecule has 0 spiro atoms. The van der Waals surface area contributed by atoms with Crippen LogP contribution in [0.25, 0.3) is 0 Å². The number of thioether (sulfide) groups is 1. The highest BCUT2D eigenvalue weighted by Gasteiger charge is 2.32. The van der Waals surface area contributed by atoms with Crippen molar-refractivity contribution >= 4 is 59.1 Å². The van der Waals surface area contributed by atoms with Crippen molar-refractivity contribution in [3.8, 4) is 0 Å². The van der Waals surface area contributed by atoms with Crippen molar-refractivity contribution in [2.75, 3.05) is 38.2 Å². The van der Waals surface area contributed by atoms with Crippen molar-refractivity contribution in [2.24, 2.45) is 28.7 Å². The Morgan fingerprint density at radius 2 is 1.00 bits per heavy atom. The molecule has 0 bridgehead atoms. The van der Waals surface area contributed by atoms with E-state index in [-0.39, 0.29) is 32.2 Å². The van der Waals surface area contributed by atoms with Gasteiger partial charge in [-0.25, -0.2) is 4.79 Å². The standard InChI is InChI=1S/C32H61N11O9S/c1-19(36)27(46)40-22(12-16-53-2)30(49)43-24(17-25(37)44)31(50)42-21(10-4-7-14-34)29(48)41-20(9-3-6-13-33)28(47)38-18-26(45)39-23(32(51)52)11-5-8-15-35/h19-24H,3-18,33-36H2,1-2H3,(H2,37,44)(H,38,47)(H,39,45)(H,40,46)(H,41,48)(H,42,50)(H,43,49)(H,51,52)/t19-,20-,21-,22-,23-,24-/m0/s1. The first-order chi connectivity index (χ1) is 25.1. The fraction of sp³-hybridized carbons (Fsp3) is 0.750. The lowest BCUT2D eigenvalue weighted by atomic mass is 10.0. The van der Waals surface area contributed by atoms with Gasteiger partial charge in [-0.15, -0.1) is 0 Å². The maximum Gasteiger partial charge on any atom is 0.326 e. The molecule has 0 saturated carbocycles. The van der Waals surface area contributed by atoms with Crippen molar-refractivity contribution in [3.63, 3.8) is 0 Å². The van der Waals surface area contributed by atoms with E-state index in [4.69, 9.17) is 28.7 Å². The molecule has 304 valence electrons. The van der Waals surface area contributed by atoms with Crippen LogP contribution in [0, 0.1) is 0 Å². The molecule has 0 aromatic rings. The number of nitrogens with one attached hydrogen (secondary N) is 6. The first-order valence-corrected chi connectivity index (χ1v) is 19.1. The zero-order chi connectivity index (χ0) is 40.3. The van der Waals surface area contributed by atoms with E-state index in [1.54, 1.807) is 6.26 Å². The smallest absolute Gasteiger partial charge is 0.326 e. The Labute approximate surface area is 314 Å². The molecule has 0 aliphatic carbocycles. The Morgan fingerprint density at radius 1 is 0.585 bits per heavy atom. The molecule has 53 heavy (non-hydrogen) atoms. The highest BCUT2D eigenvalue weighted by Crippen LogP contribution is 2.08. The minimum Gasteiger partial charge on any atom is -0.480 e. The average molecular weight is 776 g/mol. The van der Waals surface area contributed by atoms with Gasteiger partial charge in [-0.05, 0) is 103 Å². The summed E-state index contributed by atoms with van der Waals surface area (Å²) in [5.74, 6) is -6.27. The molecule has 0 saturated heterocycles. The van der Waals surface area contributed by atoms with Gasteiger partial charge in [0, 0.05) is 0 Å². The van der Waals surface area contributed by atoms with E-state index in [0.717, 1.165) is 0 Å². The summed E-state index contributed by atoms with van der Waals surface area (Å²) in [6.07, 6.45) is 4.50. The van der Waals surface area contributed by atoms with Crippen molar-refractivity contribution in [1.82, 2.24) is 31.9 Å². The summed E-state index contributed by atoms with van der Waals surface area (Å²) >= 11 is 1.41. The van der Waals surface area contributed by atoms with E-state index in [1.165, 1.54) is 18.7 Å². The maximum absolute atomic E-state index is 13.6. The van der Waals surface area contributed by atoms with E-state index < -0.39 is 96.5 Å². The largest absolute Gasteiger partial charge is 0.480 e. The van der Waals surface area contributed by atoms with Gasteiger partial charge in [-0.3, -0.25) is 33.6 Å². The number of carboxylic acid groups (broad SMARTS) is 1. The summed E-state index contributed by atoms with van der Waals surface area (Å²) in [5, 5.41) is 24.3. The number of aliphatic carboxylic acids is 1. The number of amides is 7. The molecule has 7 amide bonds. The molecular formula is C32H61N11O9S. The summed E-state index contributed by atoms with van der Waals surface area (Å²) in [4.78, 5) is 102. The third kappa shape index (κ3) is 21.9. The molecule has 0 unspecified atom stereocenters. The van der Waals surface area contributed by atoms with Crippen LogP contribution in [0.4, 0.5) is 0 Å². The van der Waals surface area contributed by atoms with Gasteiger partial charge < -0.3 is 65.7 Å². The van der Waals surface area contributed by atoms with Gasteiger partial charge in [-0.2, -0.15) is 11.8 Å². The third-order valence-electron chi connectivity index (χ3n) is 7.86. The highest BCUT2D eigenvalue weighted by atomic mass is 32.2. The van der Waals surface area contributed by atoms with E-state index in [9.17, 15) is 43.5 Å². The third-order valence-corrected chi connectivity index (χ3v) is 8.50. The molecule has 0 fully saturated rings. The molecular weight excluding hydrogens is 714 g/mol. The van der Waals surface area contributed by atoms with Crippen molar-refractivity contribution in [3.05, 3.63) is 0 Å². The highest BCUT2D eigenvalue weighted by molar-refractivity contribution is 7.98. The van der Waals surface area contributed by atoms with Crippen LogP contribution in [0.5, 0.6) is 0 Å². The number of carbonyl (C=O) groups excluding carboxylic acids is 7. The second-order valence-corrected chi connectivity index (χ2v) is 13.5. The van der Waals surface area contributed by atoms with E-state index in [2.05, 4.69) is 31.9 Å². The Balaban J connectivity index is 5.99. The topological polar surface area (TPSA) is 359 Å². The van der Waals surface area contributed by atoms with Crippen LogP contribution in [-0.2, 0) is 38.4 Å². The summed E-state index contributed by atoms with van der Waals surface area (Å²) in [6, 6.07) is -7.15. The number of primary amides is 1. The van der Waals surface area contributed by atoms with Crippen molar-refractivity contribution in [1.29, 1.82) is 0 Å². The van der Waals surface area contributed by atoms with E-state index in [1.807, 2.05) is 0 Å². The Morgan fingerprint density at radius 3 is 1.43 bits per heavy atom. The fourth-order valence-electron chi connectivity index (χ4n) is 4.84. The fourth-order valence-corrected chi connectivity index (χ4v) is 5.32. The molecule has 0 rings (SSSR count). The van der Waals surface area contributed by atoms with Gasteiger partial charge in [0.25, 0.3) is 0 Å². The summed E-state index contributed by atoms with van der Waals surface area (Å²) in [6.45, 7) is 1.82. The molecule has 0 heterocycles. The lowest BCUT2D eigenvalue weighted by Gasteiger charge is -2.26. The molecule has 6 atom stereocenters. The number of rotatable bonds is 30. The molecule has 21 heteroatoms. The number of hydrogen-bond donors (Lipinski definition) is 12. The summed E-state index contributed by atoms with van der Waals surface area (Å²) < 4.78 is 0. The maximum atomic E-state index is 13.6. The number of nitrogens with two attached hydrogens (primary N) is 5. The molecule has 0 aromatic carbocycles. The number of hydrogen-bond acceptors (Lipinski definition) is 13. The normalized spacial score (nSPS) is 14.3. The van der Waals surface area contributed by atoms with Crippen molar-refractivity contribution in [2.45, 2.75) is 114 Å². The Kier molecular flexibility index (Phi) is 26.3. The van der Waals surface area contributed by atoms with E-state index in [0.29, 0.717) is 57.4 Å². The molecule has 0 aliphatic heterocycles. The predicted molar refractivity (Wildman–Crippen MR) is 199 cm³/mol. The van der Waals surface area contributed by atoms with Crippen LogP contribution in [0.15, 0.2) is 0 Å². The van der Waals surface area contributed by atoms with Gasteiger partial charge in [0.2, 0.25) is 41.4 Å². The van der Waals surface area contributed by atoms with Gasteiger partial charge in [0.05, 0.1) is 19.0 Å². The minimum absolute atomic E-state index is 0.0626. The second-order valence-electron chi connectivity index (χ2n) is 12.5. The molecule has 0 aromatic heterocycles. The van der Waals surface area contributed by atoms with Crippen molar-refractivity contribution < 1.29 is 43.5 Å². The summed E-state index contributed by atoms with van der Waals surface area (Å²) in [5.41, 5.74) is 27.7. The minimum atomic E-state index is -1.53. The van der Waals surface area contributed by atoms with Crippen LogP contribution >= 0.6 is 11.8 Å². The zero-order valence-electron chi connectivity index (χ0n) is 30.8. The molecule has 20 nitrogen and oxygen atoms in total. The molecule has 0 radical (unpaired) electrons. The molecule has 17 N–H and O–H groups in total. The predicted octanol–water partition coefficient (Wildman–Crippen LogP) is -4.03. The SMILES string of the molecule is CSCC[C@H](NC(=O)[C@H](C)N)C(=O)N[C@@H](CC(N)=O)C(=O)N[C@@H](CCCCN)C(=O)N[C@@H](CCCCN)C(=O)NCC(=O)N[C@@H](CCCCN)C(=O)O. The number of carbonyl (C=O) groups is 8. The molecule has 0 aliphatic rings.